The molecule has 0 unspecified atom stereocenters. The summed E-state index contributed by atoms with van der Waals surface area (Å²) in [6.45, 7) is 8.38. The molecule has 2 rings (SSSR count). The Morgan fingerprint density at radius 2 is 2.00 bits per heavy atom. The van der Waals surface area contributed by atoms with Gasteiger partial charge in [0.25, 0.3) is 0 Å². The lowest BCUT2D eigenvalue weighted by Crippen LogP contribution is -2.38. The third kappa shape index (κ3) is 3.99. The van der Waals surface area contributed by atoms with E-state index in [9.17, 15) is 4.79 Å². The van der Waals surface area contributed by atoms with Crippen LogP contribution in [0.2, 0.25) is 0 Å². The maximum atomic E-state index is 12.5. The molecule has 3 heteroatoms. The molecule has 0 radical (unpaired) electrons. The van der Waals surface area contributed by atoms with Crippen LogP contribution in [0.1, 0.15) is 50.7 Å². The van der Waals surface area contributed by atoms with Gasteiger partial charge in [0.15, 0.2) is 0 Å². The number of benzene rings is 1. The molecule has 21 heavy (non-hydrogen) atoms. The molecule has 0 bridgehead atoms. The molecule has 0 spiro atoms. The first-order valence-corrected chi connectivity index (χ1v) is 7.95. The molecule has 1 saturated heterocycles. The molecule has 1 aromatic carbocycles. The Balaban J connectivity index is 2.10. The molecule has 1 amide bonds. The topological polar surface area (TPSA) is 29.5 Å². The molecule has 0 N–H and O–H groups in total. The van der Waals surface area contributed by atoms with E-state index < -0.39 is 0 Å². The van der Waals surface area contributed by atoms with Crippen molar-refractivity contribution in [2.24, 2.45) is 5.92 Å². The molecule has 3 nitrogen and oxygen atoms in total. The van der Waals surface area contributed by atoms with Crippen LogP contribution in [0.5, 0.6) is 5.75 Å². The van der Waals surface area contributed by atoms with Crippen molar-refractivity contribution in [1.29, 1.82) is 0 Å². The fourth-order valence-corrected chi connectivity index (χ4v) is 2.83. The highest BCUT2D eigenvalue weighted by molar-refractivity contribution is 5.79. The number of hydrogen-bond acceptors (Lipinski definition) is 2. The monoisotopic (exact) mass is 289 g/mol. The summed E-state index contributed by atoms with van der Waals surface area (Å²) >= 11 is 0. The normalized spacial score (nSPS) is 16.3. The van der Waals surface area contributed by atoms with Gasteiger partial charge in [-0.3, -0.25) is 4.79 Å². The van der Waals surface area contributed by atoms with E-state index in [4.69, 9.17) is 4.74 Å². The van der Waals surface area contributed by atoms with E-state index in [2.05, 4.69) is 32.9 Å². The van der Waals surface area contributed by atoms with E-state index >= 15 is 0 Å². The summed E-state index contributed by atoms with van der Waals surface area (Å²) in [5.41, 5.74) is 2.26. The van der Waals surface area contributed by atoms with Crippen LogP contribution in [0.4, 0.5) is 0 Å². The first-order chi connectivity index (χ1) is 10.0. The van der Waals surface area contributed by atoms with Crippen molar-refractivity contribution in [3.05, 3.63) is 29.3 Å². The third-order valence-corrected chi connectivity index (χ3v) is 4.45. The number of nitrogens with zero attached hydrogens (tertiary/aromatic N) is 1. The first kappa shape index (κ1) is 15.9. The van der Waals surface area contributed by atoms with Gasteiger partial charge < -0.3 is 9.64 Å². The Kier molecular flexibility index (Phi) is 5.27. The highest BCUT2D eigenvalue weighted by Gasteiger charge is 2.21. The van der Waals surface area contributed by atoms with E-state index in [1.807, 2.05) is 11.0 Å². The van der Waals surface area contributed by atoms with Crippen molar-refractivity contribution in [2.45, 2.75) is 46.0 Å². The summed E-state index contributed by atoms with van der Waals surface area (Å²) in [6, 6.07) is 6.18. The summed E-state index contributed by atoms with van der Waals surface area (Å²) in [5.74, 6) is 2.24. The quantitative estimate of drug-likeness (QED) is 0.847. The zero-order valence-electron chi connectivity index (χ0n) is 13.7. The van der Waals surface area contributed by atoms with E-state index in [0.717, 1.165) is 43.2 Å². The van der Waals surface area contributed by atoms with Crippen LogP contribution in [0.25, 0.3) is 0 Å². The minimum Gasteiger partial charge on any atom is -0.496 e. The predicted molar refractivity (Wildman–Crippen MR) is 85.8 cm³/mol. The second-order valence-electron chi connectivity index (χ2n) is 6.47. The average molecular weight is 289 g/mol. The van der Waals surface area contributed by atoms with Gasteiger partial charge >= 0.3 is 0 Å². The number of methoxy groups -OCH3 is 1. The van der Waals surface area contributed by atoms with Gasteiger partial charge in [-0.1, -0.05) is 32.9 Å². The lowest BCUT2D eigenvalue weighted by molar-refractivity contribution is -0.131. The number of carbonyl (C=O) groups is 1. The number of rotatable bonds is 4. The van der Waals surface area contributed by atoms with Crippen LogP contribution in [0.15, 0.2) is 18.2 Å². The fraction of sp³-hybridized carbons (Fsp3) is 0.611. The lowest BCUT2D eigenvalue weighted by atomic mass is 9.97. The van der Waals surface area contributed by atoms with Gasteiger partial charge in [-0.15, -0.1) is 0 Å². The highest BCUT2D eigenvalue weighted by Crippen LogP contribution is 2.25. The lowest BCUT2D eigenvalue weighted by Gasteiger charge is -2.30. The van der Waals surface area contributed by atoms with Crippen molar-refractivity contribution in [3.63, 3.8) is 0 Å². The largest absolute Gasteiger partial charge is 0.496 e. The van der Waals surface area contributed by atoms with E-state index in [0.29, 0.717) is 12.3 Å². The van der Waals surface area contributed by atoms with Crippen LogP contribution in [-0.4, -0.2) is 31.0 Å². The van der Waals surface area contributed by atoms with Gasteiger partial charge in [-0.25, -0.2) is 0 Å². The van der Waals surface area contributed by atoms with E-state index in [-0.39, 0.29) is 5.91 Å². The van der Waals surface area contributed by atoms with Crippen LogP contribution in [0, 0.1) is 5.92 Å². The molecule has 1 aliphatic heterocycles. The smallest absolute Gasteiger partial charge is 0.227 e. The molecule has 0 aromatic heterocycles. The number of carbonyl (C=O) groups excluding carboxylic acids is 1. The number of amides is 1. The molecule has 0 aliphatic carbocycles. The molecular weight excluding hydrogens is 262 g/mol. The van der Waals surface area contributed by atoms with E-state index in [1.165, 1.54) is 5.56 Å². The second kappa shape index (κ2) is 6.97. The summed E-state index contributed by atoms with van der Waals surface area (Å²) in [7, 11) is 1.67. The fourth-order valence-electron chi connectivity index (χ4n) is 2.83. The Labute approximate surface area is 128 Å². The number of hydrogen-bond donors (Lipinski definition) is 0. The summed E-state index contributed by atoms with van der Waals surface area (Å²) in [4.78, 5) is 14.5. The van der Waals surface area contributed by atoms with Crippen LogP contribution in [-0.2, 0) is 11.2 Å². The van der Waals surface area contributed by atoms with Crippen molar-refractivity contribution in [2.75, 3.05) is 20.2 Å². The molecule has 1 aliphatic rings. The highest BCUT2D eigenvalue weighted by atomic mass is 16.5. The maximum absolute atomic E-state index is 12.5. The van der Waals surface area contributed by atoms with Gasteiger partial charge in [0.2, 0.25) is 5.91 Å². The number of piperidine rings is 1. The molecular formula is C18H27NO2. The van der Waals surface area contributed by atoms with Gasteiger partial charge in [-0.2, -0.15) is 0 Å². The zero-order valence-corrected chi connectivity index (χ0v) is 13.7. The van der Waals surface area contributed by atoms with Gasteiger partial charge in [0.1, 0.15) is 5.75 Å². The molecule has 1 heterocycles. The summed E-state index contributed by atoms with van der Waals surface area (Å²) in [6.07, 6.45) is 2.68. The Bertz CT molecular complexity index is 488. The van der Waals surface area contributed by atoms with Crippen LogP contribution < -0.4 is 4.74 Å². The second-order valence-corrected chi connectivity index (χ2v) is 6.47. The maximum Gasteiger partial charge on any atom is 0.227 e. The van der Waals surface area contributed by atoms with Crippen LogP contribution >= 0.6 is 0 Å². The summed E-state index contributed by atoms with van der Waals surface area (Å²) in [5, 5.41) is 0. The van der Waals surface area contributed by atoms with E-state index in [1.54, 1.807) is 7.11 Å². The minimum absolute atomic E-state index is 0.223. The third-order valence-electron chi connectivity index (χ3n) is 4.45. The molecule has 116 valence electrons. The first-order valence-electron chi connectivity index (χ1n) is 7.95. The molecule has 1 aromatic rings. The minimum atomic E-state index is 0.223. The Morgan fingerprint density at radius 1 is 1.33 bits per heavy atom. The van der Waals surface area contributed by atoms with Crippen molar-refractivity contribution in [3.8, 4) is 5.75 Å². The van der Waals surface area contributed by atoms with Crippen molar-refractivity contribution >= 4 is 5.91 Å². The molecule has 0 atom stereocenters. The van der Waals surface area contributed by atoms with Crippen LogP contribution in [0.3, 0.4) is 0 Å². The number of likely N-dealkylation sites (tertiary alicyclic amines) is 1. The van der Waals surface area contributed by atoms with Gasteiger partial charge in [0, 0.05) is 18.7 Å². The van der Waals surface area contributed by atoms with Gasteiger partial charge in [-0.05, 0) is 36.3 Å². The number of ether oxygens (including phenoxy) is 1. The summed E-state index contributed by atoms with van der Waals surface area (Å²) < 4.78 is 5.41. The Morgan fingerprint density at radius 3 is 2.57 bits per heavy atom. The standard InChI is InChI=1S/C18H27NO2/c1-13(2)15-5-6-17(21-4)16(11-15)12-18(20)19-9-7-14(3)8-10-19/h5-6,11,13-14H,7-10,12H2,1-4H3. The predicted octanol–water partition coefficient (Wildman–Crippen LogP) is 3.62. The van der Waals surface area contributed by atoms with Crippen molar-refractivity contribution < 1.29 is 9.53 Å². The van der Waals surface area contributed by atoms with Crippen molar-refractivity contribution in [1.82, 2.24) is 4.90 Å². The Hall–Kier alpha value is -1.51. The van der Waals surface area contributed by atoms with Gasteiger partial charge in [0.05, 0.1) is 13.5 Å². The zero-order chi connectivity index (χ0) is 15.4. The SMILES string of the molecule is COc1ccc(C(C)C)cc1CC(=O)N1CCC(C)CC1. The molecule has 1 fully saturated rings. The average Bonchev–Trinajstić information content (AvgIpc) is 2.47. The molecule has 0 saturated carbocycles.